The average Bonchev–Trinajstić information content (AvgIpc) is 3.18. The molecule has 0 radical (unpaired) electrons. The third-order valence-corrected chi connectivity index (χ3v) is 6.99. The predicted octanol–water partition coefficient (Wildman–Crippen LogP) is 7.04. The summed E-state index contributed by atoms with van der Waals surface area (Å²) in [4.78, 5) is 39.2. The first-order valence-corrected chi connectivity index (χ1v) is 14.0. The molecule has 1 aliphatic heterocycles. The number of hydrogen-bond acceptors (Lipinski definition) is 7. The van der Waals surface area contributed by atoms with Crippen LogP contribution in [0, 0.1) is 0 Å². The summed E-state index contributed by atoms with van der Waals surface area (Å²) in [6, 6.07) is 17.3. The molecule has 1 saturated heterocycles. The number of carbonyl (C=O) groups is 3. The van der Waals surface area contributed by atoms with Crippen LogP contribution in [0.25, 0.3) is 6.08 Å². The maximum atomic E-state index is 13.0. The van der Waals surface area contributed by atoms with Gasteiger partial charge in [-0.25, -0.2) is 0 Å². The van der Waals surface area contributed by atoms with Crippen molar-refractivity contribution in [1.82, 2.24) is 4.90 Å². The highest BCUT2D eigenvalue weighted by Gasteiger charge is 2.36. The minimum atomic E-state index is -0.575. The fourth-order valence-corrected chi connectivity index (χ4v) is 4.98. The van der Waals surface area contributed by atoms with Crippen molar-refractivity contribution < 1.29 is 28.6 Å². The number of benzene rings is 3. The molecule has 0 unspecified atom stereocenters. The Balaban J connectivity index is 1.45. The summed E-state index contributed by atoms with van der Waals surface area (Å²) in [7, 11) is 0. The topological polar surface area (TPSA) is 94.2 Å². The molecule has 208 valence electrons. The number of thioether (sulfide) groups is 1. The van der Waals surface area contributed by atoms with E-state index >= 15 is 0 Å². The minimum Gasteiger partial charge on any atom is -0.494 e. The summed E-state index contributed by atoms with van der Waals surface area (Å²) < 4.78 is 17.1. The molecule has 3 aromatic rings. The number of anilines is 1. The third kappa shape index (κ3) is 7.50. The van der Waals surface area contributed by atoms with Crippen molar-refractivity contribution in [1.29, 1.82) is 0 Å². The predicted molar refractivity (Wildman–Crippen MR) is 157 cm³/mol. The molecule has 8 nitrogen and oxygen atoms in total. The van der Waals surface area contributed by atoms with E-state index < -0.39 is 23.6 Å². The van der Waals surface area contributed by atoms with E-state index in [1.54, 1.807) is 48.5 Å². The van der Waals surface area contributed by atoms with Crippen molar-refractivity contribution in [3.63, 3.8) is 0 Å². The number of hydrogen-bond donors (Lipinski definition) is 1. The summed E-state index contributed by atoms with van der Waals surface area (Å²) >= 11 is 13.2. The zero-order valence-corrected chi connectivity index (χ0v) is 24.1. The lowest BCUT2D eigenvalue weighted by atomic mass is 10.1. The Kier molecular flexibility index (Phi) is 9.98. The molecule has 1 N–H and O–H groups in total. The lowest BCUT2D eigenvalue weighted by Gasteiger charge is -2.15. The van der Waals surface area contributed by atoms with E-state index in [-0.39, 0.29) is 16.5 Å². The van der Waals surface area contributed by atoms with Gasteiger partial charge in [0.2, 0.25) is 5.91 Å². The average molecular weight is 602 g/mol. The smallest absolute Gasteiger partial charge is 0.294 e. The Bertz CT molecular complexity index is 1430. The largest absolute Gasteiger partial charge is 0.494 e. The first-order chi connectivity index (χ1) is 19.3. The van der Waals surface area contributed by atoms with Gasteiger partial charge in [-0.1, -0.05) is 35.3 Å². The number of amides is 3. The van der Waals surface area contributed by atoms with Gasteiger partial charge in [0.15, 0.2) is 11.5 Å². The fourth-order valence-electron chi connectivity index (χ4n) is 3.74. The molecule has 0 saturated carbocycles. The summed E-state index contributed by atoms with van der Waals surface area (Å²) in [5.74, 6) is 0.342. The van der Waals surface area contributed by atoms with Crippen LogP contribution in [0.2, 0.25) is 10.0 Å². The second-order valence-electron chi connectivity index (χ2n) is 8.45. The number of rotatable bonds is 11. The van der Waals surface area contributed by atoms with Crippen LogP contribution >= 0.6 is 35.0 Å². The molecule has 3 amide bonds. The molecule has 1 aliphatic rings. The lowest BCUT2D eigenvalue weighted by molar-refractivity contribution is -0.127. The van der Waals surface area contributed by atoms with Crippen LogP contribution in [0.3, 0.4) is 0 Å². The number of halogens is 2. The molecule has 1 heterocycles. The summed E-state index contributed by atoms with van der Waals surface area (Å²) in [6.45, 7) is 4.41. The second-order valence-corrected chi connectivity index (χ2v) is 10.3. The van der Waals surface area contributed by atoms with Gasteiger partial charge in [-0.2, -0.15) is 0 Å². The molecule has 0 aliphatic carbocycles. The second kappa shape index (κ2) is 13.6. The van der Waals surface area contributed by atoms with Crippen molar-refractivity contribution >= 4 is 63.8 Å². The van der Waals surface area contributed by atoms with Crippen LogP contribution in [0.1, 0.15) is 25.0 Å². The maximum Gasteiger partial charge on any atom is 0.294 e. The van der Waals surface area contributed by atoms with E-state index in [2.05, 4.69) is 5.32 Å². The number of nitrogens with one attached hydrogen (secondary N) is 1. The molecule has 0 atom stereocenters. The van der Waals surface area contributed by atoms with E-state index in [9.17, 15) is 14.4 Å². The van der Waals surface area contributed by atoms with Crippen molar-refractivity contribution in [3.05, 3.63) is 86.7 Å². The molecular weight excluding hydrogens is 575 g/mol. The summed E-state index contributed by atoms with van der Waals surface area (Å²) in [6.07, 6.45) is 1.53. The molecule has 0 spiro atoms. The number of ether oxygens (including phenoxy) is 3. The lowest BCUT2D eigenvalue weighted by Crippen LogP contribution is -2.36. The molecule has 4 rings (SSSR count). The highest BCUT2D eigenvalue weighted by atomic mass is 35.5. The standard InChI is InChI=1S/C29H26Cl2N2O6S/c1-3-37-22-11-9-21(10-12-22)32-26(34)16-33-28(35)25(40-29(33)36)15-19-13-23(31)27(24(14-19)38-4-2)39-17-18-5-7-20(30)8-6-18/h5-15H,3-4,16-17H2,1-2H3,(H,32,34)/b25-15+. The van der Waals surface area contributed by atoms with Gasteiger partial charge in [-0.05, 0) is 91.3 Å². The van der Waals surface area contributed by atoms with Gasteiger partial charge in [0, 0.05) is 10.7 Å². The highest BCUT2D eigenvalue weighted by Crippen LogP contribution is 2.39. The van der Waals surface area contributed by atoms with Crippen LogP contribution in [-0.4, -0.2) is 41.7 Å². The van der Waals surface area contributed by atoms with Gasteiger partial charge in [-0.3, -0.25) is 19.3 Å². The Hall–Kier alpha value is -3.66. The van der Waals surface area contributed by atoms with Crippen molar-refractivity contribution in [2.24, 2.45) is 0 Å². The third-order valence-electron chi connectivity index (χ3n) is 5.55. The minimum absolute atomic E-state index is 0.159. The normalized spacial score (nSPS) is 14.0. The molecule has 0 bridgehead atoms. The van der Waals surface area contributed by atoms with E-state index in [0.29, 0.717) is 46.7 Å². The zero-order valence-electron chi connectivity index (χ0n) is 21.7. The number of carbonyl (C=O) groups excluding carboxylic acids is 3. The highest BCUT2D eigenvalue weighted by molar-refractivity contribution is 8.18. The van der Waals surface area contributed by atoms with Gasteiger partial charge in [0.25, 0.3) is 11.1 Å². The fraction of sp³-hybridized carbons (Fsp3) is 0.207. The van der Waals surface area contributed by atoms with E-state index in [1.807, 2.05) is 26.0 Å². The summed E-state index contributed by atoms with van der Waals surface area (Å²) in [5, 5.41) is 3.04. The van der Waals surface area contributed by atoms with Crippen molar-refractivity contribution in [2.45, 2.75) is 20.5 Å². The SMILES string of the molecule is CCOc1ccc(NC(=O)CN2C(=O)S/C(=C/c3cc(Cl)c(OCc4ccc(Cl)cc4)c(OCC)c3)C2=O)cc1. The van der Waals surface area contributed by atoms with Gasteiger partial charge >= 0.3 is 0 Å². The molecule has 11 heteroatoms. The molecule has 40 heavy (non-hydrogen) atoms. The van der Waals surface area contributed by atoms with Gasteiger partial charge in [-0.15, -0.1) is 0 Å². The van der Waals surface area contributed by atoms with Crippen LogP contribution in [0.4, 0.5) is 10.5 Å². The Morgan fingerprint density at radius 2 is 1.65 bits per heavy atom. The van der Waals surface area contributed by atoms with Gasteiger partial charge in [0.1, 0.15) is 18.9 Å². The maximum absolute atomic E-state index is 13.0. The van der Waals surface area contributed by atoms with E-state index in [4.69, 9.17) is 37.4 Å². The number of imide groups is 1. The number of nitrogens with zero attached hydrogens (tertiary/aromatic N) is 1. The van der Waals surface area contributed by atoms with Crippen LogP contribution < -0.4 is 19.5 Å². The van der Waals surface area contributed by atoms with Crippen molar-refractivity contribution in [3.8, 4) is 17.2 Å². The van der Waals surface area contributed by atoms with E-state index in [0.717, 1.165) is 22.2 Å². The first kappa shape index (κ1) is 29.3. The Morgan fingerprint density at radius 1 is 0.950 bits per heavy atom. The molecule has 0 aromatic heterocycles. The molecule has 3 aromatic carbocycles. The first-order valence-electron chi connectivity index (χ1n) is 12.4. The van der Waals surface area contributed by atoms with Crippen LogP contribution in [0.5, 0.6) is 17.2 Å². The molecule has 1 fully saturated rings. The van der Waals surface area contributed by atoms with Crippen LogP contribution in [0.15, 0.2) is 65.6 Å². The van der Waals surface area contributed by atoms with E-state index in [1.165, 1.54) is 6.08 Å². The quantitative estimate of drug-likeness (QED) is 0.236. The summed E-state index contributed by atoms with van der Waals surface area (Å²) in [5.41, 5.74) is 1.95. The van der Waals surface area contributed by atoms with Gasteiger partial charge < -0.3 is 19.5 Å². The monoisotopic (exact) mass is 600 g/mol. The zero-order chi connectivity index (χ0) is 28.6. The Labute approximate surface area is 246 Å². The molecular formula is C29H26Cl2N2O6S. The Morgan fingerprint density at radius 3 is 2.33 bits per heavy atom. The van der Waals surface area contributed by atoms with Crippen molar-refractivity contribution in [2.75, 3.05) is 25.1 Å². The van der Waals surface area contributed by atoms with Gasteiger partial charge in [0.05, 0.1) is 23.1 Å². The van der Waals surface area contributed by atoms with Crippen LogP contribution in [-0.2, 0) is 16.2 Å².